The number of nitrogens with one attached hydrogen (secondary N) is 3. The van der Waals surface area contributed by atoms with Gasteiger partial charge in [0.15, 0.2) is 5.60 Å². The molecule has 6 rings (SSSR count). The van der Waals surface area contributed by atoms with E-state index in [-0.39, 0.29) is 0 Å². The molecular formula is C27H23ClN8O. The van der Waals surface area contributed by atoms with Crippen LogP contribution in [0.2, 0.25) is 5.02 Å². The Hall–Kier alpha value is -4.36. The molecule has 4 N–H and O–H groups in total. The molecule has 0 saturated heterocycles. The van der Waals surface area contributed by atoms with Gasteiger partial charge in [-0.15, -0.1) is 10.6 Å². The van der Waals surface area contributed by atoms with Crippen molar-refractivity contribution in [2.24, 2.45) is 10.1 Å². The molecule has 0 aliphatic carbocycles. The largest absolute Gasteiger partial charge is 0.374 e. The Morgan fingerprint density at radius 1 is 1.11 bits per heavy atom. The van der Waals surface area contributed by atoms with E-state index in [1.165, 1.54) is 0 Å². The van der Waals surface area contributed by atoms with Crippen LogP contribution in [0, 0.1) is 11.3 Å². The highest BCUT2D eigenvalue weighted by molar-refractivity contribution is 6.32. The van der Waals surface area contributed by atoms with Gasteiger partial charge in [0.05, 0.1) is 36.3 Å². The summed E-state index contributed by atoms with van der Waals surface area (Å²) in [6.45, 7) is 0.577. The highest BCUT2D eigenvalue weighted by atomic mass is 35.5. The summed E-state index contributed by atoms with van der Waals surface area (Å²) in [6, 6.07) is 23.0. The minimum atomic E-state index is -1.47. The van der Waals surface area contributed by atoms with Gasteiger partial charge in [0.2, 0.25) is 0 Å². The van der Waals surface area contributed by atoms with Crippen LogP contribution in [-0.2, 0) is 12.0 Å². The first kappa shape index (κ1) is 23.1. The maximum Gasteiger partial charge on any atom is 0.265 e. The van der Waals surface area contributed by atoms with E-state index in [0.29, 0.717) is 46.6 Å². The van der Waals surface area contributed by atoms with Crippen molar-refractivity contribution < 1.29 is 5.11 Å². The first-order valence-electron chi connectivity index (χ1n) is 11.7. The van der Waals surface area contributed by atoms with Gasteiger partial charge in [0.1, 0.15) is 0 Å². The number of hydrazone groups is 1. The number of aliphatic hydroxyl groups is 1. The molecule has 37 heavy (non-hydrogen) atoms. The molecule has 0 saturated carbocycles. The number of guanidine groups is 1. The summed E-state index contributed by atoms with van der Waals surface area (Å²) in [6.07, 6.45) is 2.15. The van der Waals surface area contributed by atoms with E-state index in [9.17, 15) is 5.11 Å². The standard InChI is InChI=1S/C27H23ClN8O/c1-35-16-30-15-24(35)27(37,19-7-5-17(6-8-19)11-12-29)20-9-10-23-22(14-20)25(18-3-2-4-21(28)13-18)31-26-32-33-34-36(23)26/h2-10,13-15,30,33-34,37H,11,16H2,1H3. The predicted molar refractivity (Wildman–Crippen MR) is 142 cm³/mol. The molecular weight excluding hydrogens is 488 g/mol. The van der Waals surface area contributed by atoms with E-state index in [4.69, 9.17) is 21.9 Å². The van der Waals surface area contributed by atoms with Gasteiger partial charge in [0.25, 0.3) is 5.96 Å². The molecule has 3 aromatic carbocycles. The third-order valence-corrected chi connectivity index (χ3v) is 6.98. The third kappa shape index (κ3) is 3.79. The van der Waals surface area contributed by atoms with Gasteiger partial charge in [-0.3, -0.25) is 0 Å². The van der Waals surface area contributed by atoms with Crippen molar-refractivity contribution in [1.29, 1.82) is 5.26 Å². The summed E-state index contributed by atoms with van der Waals surface area (Å²) >= 11 is 6.32. The number of fused-ring (bicyclic) bond motifs is 3. The van der Waals surface area contributed by atoms with Crippen molar-refractivity contribution in [3.05, 3.63) is 111 Å². The Morgan fingerprint density at radius 2 is 1.92 bits per heavy atom. The summed E-state index contributed by atoms with van der Waals surface area (Å²) in [5.74, 6) is 0.473. The third-order valence-electron chi connectivity index (χ3n) is 6.74. The van der Waals surface area contributed by atoms with Crippen molar-refractivity contribution >= 4 is 29.0 Å². The smallest absolute Gasteiger partial charge is 0.265 e. The topological polar surface area (TPSA) is 111 Å². The number of hydrogen-bond donors (Lipinski definition) is 4. The van der Waals surface area contributed by atoms with Gasteiger partial charge in [0, 0.05) is 29.4 Å². The van der Waals surface area contributed by atoms with E-state index < -0.39 is 5.60 Å². The van der Waals surface area contributed by atoms with Crippen LogP contribution in [0.15, 0.2) is 88.7 Å². The number of anilines is 1. The molecule has 0 spiro atoms. The normalized spacial score (nSPS) is 17.4. The van der Waals surface area contributed by atoms with E-state index in [2.05, 4.69) is 27.6 Å². The zero-order valence-corrected chi connectivity index (χ0v) is 20.7. The minimum absolute atomic E-state index is 0.307. The first-order valence-corrected chi connectivity index (χ1v) is 12.1. The Morgan fingerprint density at radius 3 is 2.65 bits per heavy atom. The molecule has 0 radical (unpaired) electrons. The number of rotatable bonds is 5. The molecule has 0 amide bonds. The Labute approximate surface area is 218 Å². The lowest BCUT2D eigenvalue weighted by atomic mass is 9.81. The van der Waals surface area contributed by atoms with E-state index >= 15 is 0 Å². The second kappa shape index (κ2) is 8.94. The lowest BCUT2D eigenvalue weighted by molar-refractivity contribution is 0.0931. The number of nitrogens with zero attached hydrogens (tertiary/aromatic N) is 5. The summed E-state index contributed by atoms with van der Waals surface area (Å²) < 4.78 is 0. The monoisotopic (exact) mass is 510 g/mol. The zero-order chi connectivity index (χ0) is 25.6. The van der Waals surface area contributed by atoms with Crippen molar-refractivity contribution in [1.82, 2.24) is 21.3 Å². The lowest BCUT2D eigenvalue weighted by Crippen LogP contribution is -2.44. The van der Waals surface area contributed by atoms with Crippen LogP contribution in [0.1, 0.15) is 27.8 Å². The number of hydrazine groups is 2. The van der Waals surface area contributed by atoms with Gasteiger partial charge < -0.3 is 15.3 Å². The average molecular weight is 511 g/mol. The highest BCUT2D eigenvalue weighted by Crippen LogP contribution is 2.41. The van der Waals surface area contributed by atoms with Gasteiger partial charge in [-0.25, -0.2) is 15.5 Å². The first-order chi connectivity index (χ1) is 18.0. The van der Waals surface area contributed by atoms with E-state index in [0.717, 1.165) is 22.4 Å². The Balaban J connectivity index is 1.54. The van der Waals surface area contributed by atoms with Crippen molar-refractivity contribution in [3.8, 4) is 6.07 Å². The van der Waals surface area contributed by atoms with Gasteiger partial charge >= 0.3 is 0 Å². The number of benzene rings is 3. The molecule has 184 valence electrons. The second-order valence-corrected chi connectivity index (χ2v) is 9.44. The number of likely N-dealkylation sites (N-methyl/N-ethyl adjacent to an activating group) is 1. The number of halogens is 1. The summed E-state index contributed by atoms with van der Waals surface area (Å²) in [7, 11) is 1.93. The molecule has 9 nitrogen and oxygen atoms in total. The average Bonchev–Trinajstić information content (AvgIpc) is 3.57. The zero-order valence-electron chi connectivity index (χ0n) is 19.9. The molecule has 1 unspecified atom stereocenters. The van der Waals surface area contributed by atoms with Crippen molar-refractivity contribution in [3.63, 3.8) is 0 Å². The maximum absolute atomic E-state index is 12.5. The Kier molecular flexibility index (Phi) is 5.57. The van der Waals surface area contributed by atoms with Crippen LogP contribution >= 0.6 is 11.6 Å². The minimum Gasteiger partial charge on any atom is -0.374 e. The van der Waals surface area contributed by atoms with Crippen LogP contribution in [-0.4, -0.2) is 35.4 Å². The fraction of sp³-hybridized carbons (Fsp3) is 0.148. The summed E-state index contributed by atoms with van der Waals surface area (Å²) in [4.78, 5) is 6.77. The molecule has 1 atom stereocenters. The highest BCUT2D eigenvalue weighted by Gasteiger charge is 2.41. The SMILES string of the molecule is CN1CNC=C1C(O)(c1ccc(CC#N)cc1)c1ccc2c(c1)C(c1cccc(Cl)c1)=NC1=NNNN12. The van der Waals surface area contributed by atoms with Gasteiger partial charge in [-0.1, -0.05) is 54.1 Å². The fourth-order valence-corrected chi connectivity index (χ4v) is 5.09. The van der Waals surface area contributed by atoms with Crippen LogP contribution < -0.4 is 21.4 Å². The summed E-state index contributed by atoms with van der Waals surface area (Å²) in [5, 5.41) is 31.4. The van der Waals surface area contributed by atoms with E-state index in [1.807, 2.05) is 84.9 Å². The molecule has 0 aromatic heterocycles. The lowest BCUT2D eigenvalue weighted by Gasteiger charge is -2.35. The second-order valence-electron chi connectivity index (χ2n) is 9.01. The van der Waals surface area contributed by atoms with Crippen molar-refractivity contribution in [2.75, 3.05) is 18.7 Å². The van der Waals surface area contributed by atoms with Gasteiger partial charge in [-0.2, -0.15) is 5.26 Å². The molecule has 0 bridgehead atoms. The summed E-state index contributed by atoms with van der Waals surface area (Å²) in [5.41, 5.74) is 10.4. The molecule has 0 fully saturated rings. The number of hydrogen-bond acceptors (Lipinski definition) is 9. The molecule has 10 heteroatoms. The predicted octanol–water partition coefficient (Wildman–Crippen LogP) is 2.93. The van der Waals surface area contributed by atoms with E-state index in [1.54, 1.807) is 5.01 Å². The molecule has 3 heterocycles. The Bertz CT molecular complexity index is 1520. The number of nitriles is 1. The molecule has 3 aromatic rings. The van der Waals surface area contributed by atoms with Gasteiger partial charge in [-0.05, 0) is 41.0 Å². The quantitative estimate of drug-likeness (QED) is 0.417. The fourth-order valence-electron chi connectivity index (χ4n) is 4.90. The molecule has 3 aliphatic rings. The van der Waals surface area contributed by atoms with Crippen LogP contribution in [0.3, 0.4) is 0 Å². The number of aliphatic imine (C=N–C) groups is 1. The maximum atomic E-state index is 12.5. The van der Waals surface area contributed by atoms with Crippen LogP contribution in [0.4, 0.5) is 5.69 Å². The molecule has 3 aliphatic heterocycles. The van der Waals surface area contributed by atoms with Crippen LogP contribution in [0.5, 0.6) is 0 Å². The van der Waals surface area contributed by atoms with Crippen molar-refractivity contribution in [2.45, 2.75) is 12.0 Å². The van der Waals surface area contributed by atoms with Crippen LogP contribution in [0.25, 0.3) is 0 Å².